The number of rotatable bonds is 6. The third-order valence-electron chi connectivity index (χ3n) is 2.80. The van der Waals surface area contributed by atoms with Gasteiger partial charge < -0.3 is 19.8 Å². The molecule has 0 saturated carbocycles. The van der Waals surface area contributed by atoms with E-state index >= 15 is 0 Å². The summed E-state index contributed by atoms with van der Waals surface area (Å²) in [7, 11) is 2.98. The summed E-state index contributed by atoms with van der Waals surface area (Å²) in [5.74, 6) is -0.929. The first-order valence-electron chi connectivity index (χ1n) is 6.09. The normalized spacial score (nSPS) is 10.2. The summed E-state index contributed by atoms with van der Waals surface area (Å²) in [4.78, 5) is 34.8. The molecule has 0 spiro atoms. The summed E-state index contributed by atoms with van der Waals surface area (Å²) >= 11 is 0. The zero-order chi connectivity index (χ0) is 15.3. The molecule has 1 amide bonds. The molecule has 0 atom stereocenters. The van der Waals surface area contributed by atoms with Crippen molar-refractivity contribution >= 4 is 17.7 Å². The summed E-state index contributed by atoms with van der Waals surface area (Å²) in [6, 6.07) is 2.66. The van der Waals surface area contributed by atoms with Gasteiger partial charge in [-0.25, -0.2) is 4.57 Å². The second-order valence-corrected chi connectivity index (χ2v) is 4.17. The van der Waals surface area contributed by atoms with Gasteiger partial charge in [-0.3, -0.25) is 9.59 Å². The topological polar surface area (TPSA) is 94.7 Å². The Balaban J connectivity index is 2.70. The summed E-state index contributed by atoms with van der Waals surface area (Å²) < 4.78 is 5.98. The highest BCUT2D eigenvalue weighted by Crippen LogP contribution is 2.16. The molecule has 0 aliphatic rings. The third kappa shape index (κ3) is 3.56. The summed E-state index contributed by atoms with van der Waals surface area (Å²) in [5, 5.41) is 10.7. The van der Waals surface area contributed by atoms with Crippen molar-refractivity contribution in [3.63, 3.8) is 0 Å². The van der Waals surface area contributed by atoms with E-state index in [0.717, 1.165) is 0 Å². The van der Waals surface area contributed by atoms with Gasteiger partial charge in [0.2, 0.25) is 0 Å². The average molecular weight is 283 g/mol. The standard InChI is InChI=1S/C12H17N3O5/c1-4-20-11(16)7-8-13(2)12(17)9-5-6-10(14(9)3)15(18)19/h5-6H,4,7-8H2,1-3H3. The molecule has 0 N–H and O–H groups in total. The number of esters is 1. The molecule has 0 aliphatic carbocycles. The van der Waals surface area contributed by atoms with E-state index < -0.39 is 4.92 Å². The molecule has 0 radical (unpaired) electrons. The Bertz CT molecular complexity index is 523. The van der Waals surface area contributed by atoms with Crippen LogP contribution in [0.4, 0.5) is 5.82 Å². The van der Waals surface area contributed by atoms with Gasteiger partial charge in [-0.1, -0.05) is 0 Å². The minimum absolute atomic E-state index is 0.0859. The molecule has 1 heterocycles. The van der Waals surface area contributed by atoms with Crippen LogP contribution in [0.15, 0.2) is 12.1 Å². The van der Waals surface area contributed by atoms with Crippen LogP contribution in [0.25, 0.3) is 0 Å². The lowest BCUT2D eigenvalue weighted by Gasteiger charge is -2.15. The summed E-state index contributed by atoms with van der Waals surface area (Å²) in [5.41, 5.74) is 0.197. The highest BCUT2D eigenvalue weighted by atomic mass is 16.6. The van der Waals surface area contributed by atoms with Crippen LogP contribution in [0.3, 0.4) is 0 Å². The second-order valence-electron chi connectivity index (χ2n) is 4.17. The van der Waals surface area contributed by atoms with E-state index in [1.165, 1.54) is 35.7 Å². The van der Waals surface area contributed by atoms with Gasteiger partial charge in [0.1, 0.15) is 0 Å². The highest BCUT2D eigenvalue weighted by molar-refractivity contribution is 5.93. The molecule has 8 nitrogen and oxygen atoms in total. The van der Waals surface area contributed by atoms with E-state index in [1.54, 1.807) is 6.92 Å². The fraction of sp³-hybridized carbons (Fsp3) is 0.500. The molecule has 0 bridgehead atoms. The van der Waals surface area contributed by atoms with Crippen LogP contribution in [0, 0.1) is 10.1 Å². The van der Waals surface area contributed by atoms with Gasteiger partial charge in [0, 0.05) is 19.7 Å². The maximum absolute atomic E-state index is 12.1. The molecule has 0 saturated heterocycles. The molecule has 1 aromatic heterocycles. The molecule has 8 heteroatoms. The highest BCUT2D eigenvalue weighted by Gasteiger charge is 2.23. The molecule has 110 valence electrons. The molecular weight excluding hydrogens is 266 g/mol. The lowest BCUT2D eigenvalue weighted by molar-refractivity contribution is -0.391. The molecule has 0 unspecified atom stereocenters. The number of amides is 1. The average Bonchev–Trinajstić information content (AvgIpc) is 2.77. The zero-order valence-corrected chi connectivity index (χ0v) is 11.7. The van der Waals surface area contributed by atoms with Crippen LogP contribution >= 0.6 is 0 Å². The predicted molar refractivity (Wildman–Crippen MR) is 70.3 cm³/mol. The van der Waals surface area contributed by atoms with E-state index in [9.17, 15) is 19.7 Å². The number of hydrogen-bond donors (Lipinski definition) is 0. The first-order valence-corrected chi connectivity index (χ1v) is 6.09. The van der Waals surface area contributed by atoms with E-state index in [2.05, 4.69) is 0 Å². The van der Waals surface area contributed by atoms with Crippen molar-refractivity contribution in [2.75, 3.05) is 20.2 Å². The molecule has 1 rings (SSSR count). The molecular formula is C12H17N3O5. The summed E-state index contributed by atoms with van der Waals surface area (Å²) in [6.07, 6.45) is 0.0859. The lowest BCUT2D eigenvalue weighted by atomic mass is 10.3. The van der Waals surface area contributed by atoms with E-state index in [-0.39, 0.29) is 36.4 Å². The van der Waals surface area contributed by atoms with Crippen molar-refractivity contribution in [1.29, 1.82) is 0 Å². The maximum Gasteiger partial charge on any atom is 0.323 e. The number of carbonyl (C=O) groups excluding carboxylic acids is 2. The molecule has 1 aromatic rings. The maximum atomic E-state index is 12.1. The molecule has 0 aliphatic heterocycles. The van der Waals surface area contributed by atoms with Crippen LogP contribution in [-0.4, -0.2) is 46.5 Å². The fourth-order valence-corrected chi connectivity index (χ4v) is 1.69. The Morgan fingerprint density at radius 2 is 2.10 bits per heavy atom. The first-order chi connectivity index (χ1) is 9.38. The van der Waals surface area contributed by atoms with Gasteiger partial charge in [-0.05, 0) is 17.9 Å². The Hall–Kier alpha value is -2.38. The van der Waals surface area contributed by atoms with Crippen LogP contribution < -0.4 is 0 Å². The monoisotopic (exact) mass is 283 g/mol. The van der Waals surface area contributed by atoms with Gasteiger partial charge in [0.25, 0.3) is 5.91 Å². The van der Waals surface area contributed by atoms with Crippen LogP contribution in [-0.2, 0) is 16.6 Å². The van der Waals surface area contributed by atoms with Crippen molar-refractivity contribution in [3.8, 4) is 0 Å². The minimum Gasteiger partial charge on any atom is -0.466 e. The number of nitrogens with zero attached hydrogens (tertiary/aromatic N) is 3. The van der Waals surface area contributed by atoms with Gasteiger partial charge in [-0.15, -0.1) is 0 Å². The quantitative estimate of drug-likeness (QED) is 0.440. The Morgan fingerprint density at radius 3 is 2.60 bits per heavy atom. The van der Waals surface area contributed by atoms with Crippen molar-refractivity contribution in [2.24, 2.45) is 7.05 Å². The van der Waals surface area contributed by atoms with Gasteiger partial charge in [0.05, 0.1) is 20.1 Å². The van der Waals surface area contributed by atoms with E-state index in [1.807, 2.05) is 0 Å². The van der Waals surface area contributed by atoms with E-state index in [4.69, 9.17) is 4.74 Å². The number of nitro groups is 1. The van der Waals surface area contributed by atoms with Crippen molar-refractivity contribution in [2.45, 2.75) is 13.3 Å². The van der Waals surface area contributed by atoms with Crippen LogP contribution in [0.5, 0.6) is 0 Å². The molecule has 0 aromatic carbocycles. The lowest BCUT2D eigenvalue weighted by Crippen LogP contribution is -2.30. The smallest absolute Gasteiger partial charge is 0.323 e. The minimum atomic E-state index is -0.560. The largest absolute Gasteiger partial charge is 0.466 e. The van der Waals surface area contributed by atoms with Gasteiger partial charge in [0.15, 0.2) is 5.69 Å². The van der Waals surface area contributed by atoms with Gasteiger partial charge >= 0.3 is 11.8 Å². The summed E-state index contributed by atoms with van der Waals surface area (Å²) in [6.45, 7) is 2.19. The number of hydrogen-bond acceptors (Lipinski definition) is 5. The first kappa shape index (κ1) is 15.7. The SMILES string of the molecule is CCOC(=O)CCN(C)C(=O)c1ccc([N+](=O)[O-])n1C. The third-order valence-corrected chi connectivity index (χ3v) is 2.80. The van der Waals surface area contributed by atoms with Crippen molar-refractivity contribution < 1.29 is 19.2 Å². The van der Waals surface area contributed by atoms with E-state index in [0.29, 0.717) is 6.61 Å². The Labute approximate surface area is 116 Å². The molecule has 20 heavy (non-hydrogen) atoms. The van der Waals surface area contributed by atoms with Crippen molar-refractivity contribution in [3.05, 3.63) is 27.9 Å². The number of aromatic nitrogens is 1. The fourth-order valence-electron chi connectivity index (χ4n) is 1.69. The predicted octanol–water partition coefficient (Wildman–Crippen LogP) is 0.958. The Kier molecular flexibility index (Phi) is 5.24. The molecule has 0 fully saturated rings. The van der Waals surface area contributed by atoms with Crippen molar-refractivity contribution in [1.82, 2.24) is 9.47 Å². The number of ether oxygens (including phenoxy) is 1. The van der Waals surface area contributed by atoms with Crippen LogP contribution in [0.2, 0.25) is 0 Å². The van der Waals surface area contributed by atoms with Crippen LogP contribution in [0.1, 0.15) is 23.8 Å². The Morgan fingerprint density at radius 1 is 1.45 bits per heavy atom. The second kappa shape index (κ2) is 6.69. The number of carbonyl (C=O) groups is 2. The van der Waals surface area contributed by atoms with Gasteiger partial charge in [-0.2, -0.15) is 0 Å². The zero-order valence-electron chi connectivity index (χ0n) is 11.7.